The number of alkyl halides is 1. The lowest BCUT2D eigenvalue weighted by atomic mass is 9.94. The normalized spacial score (nSPS) is 25.0. The first-order valence-corrected chi connectivity index (χ1v) is 14.9. The van der Waals surface area contributed by atoms with Gasteiger partial charge in [0.1, 0.15) is 53.4 Å². The Balaban J connectivity index is 1.44. The molecule has 0 amide bonds. The minimum Gasteiger partial charge on any atom is -0.508 e. The minimum absolute atomic E-state index is 0.00862. The number of hydrogen-bond donors (Lipinski definition) is 2. The zero-order valence-electron chi connectivity index (χ0n) is 24.8. The molecular formula is C32H34F3N5O4. The Hall–Kier alpha value is -3.90. The average Bonchev–Trinajstić information content (AvgIpc) is 3.51. The predicted molar refractivity (Wildman–Crippen MR) is 159 cm³/mol. The first-order valence-electron chi connectivity index (χ1n) is 14.9. The molecule has 44 heavy (non-hydrogen) atoms. The number of anilines is 1. The zero-order chi connectivity index (χ0) is 31.0. The number of aromatic nitrogens is 3. The van der Waals surface area contributed by atoms with Crippen LogP contribution in [0.3, 0.4) is 0 Å². The molecule has 3 aliphatic rings. The number of rotatable bonds is 6. The highest BCUT2D eigenvalue weighted by molar-refractivity contribution is 6.03. The molecule has 9 nitrogen and oxygen atoms in total. The number of aromatic hydroxyl groups is 1. The summed E-state index contributed by atoms with van der Waals surface area (Å²) < 4.78 is 58.5. The molecular weight excluding hydrogens is 575 g/mol. The summed E-state index contributed by atoms with van der Waals surface area (Å²) in [5.41, 5.74) is -1.22. The number of fused-ring (bicyclic) bond motifs is 2. The molecule has 0 radical (unpaired) electrons. The monoisotopic (exact) mass is 609 g/mol. The summed E-state index contributed by atoms with van der Waals surface area (Å²) in [4.78, 5) is 17.5. The smallest absolute Gasteiger partial charge is 0.319 e. The van der Waals surface area contributed by atoms with Crippen LogP contribution < -0.4 is 14.4 Å². The molecule has 0 bridgehead atoms. The summed E-state index contributed by atoms with van der Waals surface area (Å²) in [7, 11) is 1.72. The largest absolute Gasteiger partial charge is 0.508 e. The lowest BCUT2D eigenvalue weighted by molar-refractivity contribution is 0.107. The van der Waals surface area contributed by atoms with Crippen molar-refractivity contribution in [1.29, 1.82) is 0 Å². The van der Waals surface area contributed by atoms with Gasteiger partial charge in [0.05, 0.1) is 17.7 Å². The Morgan fingerprint density at radius 1 is 1.16 bits per heavy atom. The fourth-order valence-electron chi connectivity index (χ4n) is 7.10. The van der Waals surface area contributed by atoms with Crippen LogP contribution in [0.4, 0.5) is 19.0 Å². The van der Waals surface area contributed by atoms with E-state index in [0.717, 1.165) is 19.4 Å². The zero-order valence-corrected chi connectivity index (χ0v) is 24.8. The number of likely N-dealkylation sites (N-methyl/N-ethyl adjacent to an activating group) is 1. The highest BCUT2D eigenvalue weighted by Crippen LogP contribution is 2.45. The van der Waals surface area contributed by atoms with E-state index in [1.165, 1.54) is 24.3 Å². The van der Waals surface area contributed by atoms with Gasteiger partial charge in [0.2, 0.25) is 5.88 Å². The number of pyridine rings is 1. The number of benzene rings is 2. The number of halogens is 3. The van der Waals surface area contributed by atoms with Crippen molar-refractivity contribution in [3.8, 4) is 28.9 Å². The van der Waals surface area contributed by atoms with E-state index in [1.807, 2.05) is 0 Å². The number of phenols is 1. The van der Waals surface area contributed by atoms with Crippen molar-refractivity contribution in [2.75, 3.05) is 44.9 Å². The van der Waals surface area contributed by atoms with Crippen molar-refractivity contribution in [1.82, 2.24) is 19.9 Å². The van der Waals surface area contributed by atoms with E-state index in [2.05, 4.69) is 19.9 Å². The number of phenolic OH excluding ortho intramolecular Hbond substituents is 1. The maximum atomic E-state index is 16.8. The molecule has 0 spiro atoms. The average molecular weight is 610 g/mol. The lowest BCUT2D eigenvalue weighted by Gasteiger charge is -2.36. The van der Waals surface area contributed by atoms with Gasteiger partial charge >= 0.3 is 6.01 Å². The molecule has 2 N–H and O–H groups in total. The van der Waals surface area contributed by atoms with Crippen LogP contribution in [0.25, 0.3) is 32.9 Å². The SMILES string of the molecule is CCc1c(F)ccc2cc(O)cc(-c3nc4c5c(nc(OC[C@@]67CCCN6C[C@H](F)C7)nc5c3F)N(C)[C@@](C)(CO)CO4)c12. The summed E-state index contributed by atoms with van der Waals surface area (Å²) in [5.74, 6) is -1.14. The van der Waals surface area contributed by atoms with Gasteiger partial charge in [-0.25, -0.2) is 18.2 Å². The third kappa shape index (κ3) is 4.33. The van der Waals surface area contributed by atoms with Gasteiger partial charge in [-0.05, 0) is 67.3 Å². The molecule has 2 aromatic carbocycles. The Bertz CT molecular complexity index is 1810. The number of ether oxygens (including phenoxy) is 2. The van der Waals surface area contributed by atoms with Crippen molar-refractivity contribution in [3.05, 3.63) is 41.5 Å². The molecule has 3 atom stereocenters. The van der Waals surface area contributed by atoms with Crippen molar-refractivity contribution >= 4 is 27.5 Å². The van der Waals surface area contributed by atoms with Crippen LogP contribution in [-0.4, -0.2) is 87.3 Å². The number of hydrogen-bond acceptors (Lipinski definition) is 9. The van der Waals surface area contributed by atoms with Crippen molar-refractivity contribution in [3.63, 3.8) is 0 Å². The van der Waals surface area contributed by atoms with Crippen LogP contribution in [0.1, 0.15) is 38.7 Å². The Morgan fingerprint density at radius 3 is 2.75 bits per heavy atom. The molecule has 232 valence electrons. The number of aliphatic hydroxyl groups excluding tert-OH is 1. The van der Waals surface area contributed by atoms with E-state index >= 15 is 4.39 Å². The van der Waals surface area contributed by atoms with Gasteiger partial charge in [-0.2, -0.15) is 9.97 Å². The van der Waals surface area contributed by atoms with Gasteiger partial charge < -0.3 is 24.6 Å². The van der Waals surface area contributed by atoms with E-state index in [1.54, 1.807) is 25.8 Å². The summed E-state index contributed by atoms with van der Waals surface area (Å²) in [6.45, 7) is 4.54. The quantitative estimate of drug-likeness (QED) is 0.315. The van der Waals surface area contributed by atoms with E-state index in [0.29, 0.717) is 35.7 Å². The first-order chi connectivity index (χ1) is 21.1. The number of aliphatic hydroxyl groups is 1. The van der Waals surface area contributed by atoms with Crippen molar-refractivity contribution < 1.29 is 32.9 Å². The van der Waals surface area contributed by atoms with Gasteiger partial charge in [0, 0.05) is 25.6 Å². The standard InChI is InChI=1S/C32H34F3N5O4/c1-4-20-22(34)7-6-17-10-19(42)11-21(23(17)20)26-25(35)27-24-28(39(3)31(2,14-41)15-43-29(24)36-26)38-30(37-27)44-16-32-8-5-9-40(32)13-18(33)12-32/h6-7,10-11,18,41-42H,4-5,8-9,12-16H2,1-3H3/t18-,31+,32+/m1/s1. The van der Waals surface area contributed by atoms with E-state index in [4.69, 9.17) is 9.47 Å². The second kappa shape index (κ2) is 10.3. The summed E-state index contributed by atoms with van der Waals surface area (Å²) in [6, 6.07) is 5.59. The van der Waals surface area contributed by atoms with E-state index in [9.17, 15) is 19.0 Å². The summed E-state index contributed by atoms with van der Waals surface area (Å²) in [5, 5.41) is 22.1. The molecule has 0 saturated carbocycles. The van der Waals surface area contributed by atoms with Gasteiger partial charge in [0.25, 0.3) is 0 Å². The second-order valence-electron chi connectivity index (χ2n) is 12.5. The lowest BCUT2D eigenvalue weighted by Crippen LogP contribution is -2.51. The first kappa shape index (κ1) is 28.8. The Kier molecular flexibility index (Phi) is 6.78. The van der Waals surface area contributed by atoms with Crippen LogP contribution in [0, 0.1) is 11.6 Å². The van der Waals surface area contributed by atoms with Gasteiger partial charge in [-0.1, -0.05) is 13.0 Å². The van der Waals surface area contributed by atoms with Gasteiger partial charge in [-0.15, -0.1) is 0 Å². The highest BCUT2D eigenvalue weighted by atomic mass is 19.1. The van der Waals surface area contributed by atoms with Crippen LogP contribution in [0.2, 0.25) is 0 Å². The number of nitrogens with zero attached hydrogens (tertiary/aromatic N) is 5. The van der Waals surface area contributed by atoms with Gasteiger partial charge in [-0.3, -0.25) is 4.90 Å². The Morgan fingerprint density at radius 2 is 1.98 bits per heavy atom. The Labute approximate surface area is 252 Å². The molecule has 12 heteroatoms. The third-order valence-corrected chi connectivity index (χ3v) is 9.69. The maximum absolute atomic E-state index is 16.8. The molecule has 7 rings (SSSR count). The van der Waals surface area contributed by atoms with E-state index < -0.39 is 28.9 Å². The van der Waals surface area contributed by atoms with Crippen LogP contribution in [0.15, 0.2) is 24.3 Å². The second-order valence-corrected chi connectivity index (χ2v) is 12.5. The van der Waals surface area contributed by atoms with Gasteiger partial charge in [0.15, 0.2) is 5.82 Å². The van der Waals surface area contributed by atoms with Crippen LogP contribution >= 0.6 is 0 Å². The van der Waals surface area contributed by atoms with E-state index in [-0.39, 0.29) is 65.4 Å². The molecule has 2 saturated heterocycles. The van der Waals surface area contributed by atoms with Crippen LogP contribution in [0.5, 0.6) is 17.6 Å². The molecule has 2 fully saturated rings. The fourth-order valence-corrected chi connectivity index (χ4v) is 7.10. The molecule has 2 aromatic heterocycles. The van der Waals surface area contributed by atoms with Crippen molar-refractivity contribution in [2.24, 2.45) is 0 Å². The minimum atomic E-state index is -0.958. The molecule has 4 aromatic rings. The summed E-state index contributed by atoms with van der Waals surface area (Å²) in [6.07, 6.45) is 1.43. The molecule has 3 aliphatic heterocycles. The van der Waals surface area contributed by atoms with Crippen molar-refractivity contribution in [2.45, 2.75) is 56.8 Å². The summed E-state index contributed by atoms with van der Waals surface area (Å²) >= 11 is 0. The topological polar surface area (TPSA) is 104 Å². The third-order valence-electron chi connectivity index (χ3n) is 9.69. The predicted octanol–water partition coefficient (Wildman–Crippen LogP) is 4.93. The fraction of sp³-hybridized carbons (Fsp3) is 0.469. The molecule has 0 aliphatic carbocycles. The number of aryl methyl sites for hydroxylation is 1. The van der Waals surface area contributed by atoms with Crippen LogP contribution in [-0.2, 0) is 6.42 Å². The highest BCUT2D eigenvalue weighted by Gasteiger charge is 2.49. The molecule has 5 heterocycles. The maximum Gasteiger partial charge on any atom is 0.319 e. The molecule has 0 unspecified atom stereocenters.